The molecule has 0 aromatic heterocycles. The van der Waals surface area contributed by atoms with E-state index in [4.69, 9.17) is 4.74 Å². The lowest BCUT2D eigenvalue weighted by Gasteiger charge is -2.29. The molecule has 1 aromatic carbocycles. The molecular weight excluding hydrogens is 260 g/mol. The summed E-state index contributed by atoms with van der Waals surface area (Å²) in [6, 6.07) is 8.67. The van der Waals surface area contributed by atoms with Gasteiger partial charge in [-0.05, 0) is 44.3 Å². The van der Waals surface area contributed by atoms with E-state index in [1.54, 1.807) is 7.11 Å². The average molecular weight is 290 g/mol. The highest BCUT2D eigenvalue weighted by Crippen LogP contribution is 2.38. The molecule has 1 unspecified atom stereocenters. The molecule has 0 amide bonds. The quantitative estimate of drug-likeness (QED) is 0.832. The smallest absolute Gasteiger partial charge is 0.123 e. The van der Waals surface area contributed by atoms with E-state index < -0.39 is 0 Å². The number of nitrogens with one attached hydrogen (secondary N) is 1. The molecule has 1 fully saturated rings. The first kappa shape index (κ1) is 16.3. The molecule has 1 saturated heterocycles. The number of ether oxygens (including phenoxy) is 1. The van der Waals surface area contributed by atoms with E-state index in [1.807, 2.05) is 19.2 Å². The van der Waals surface area contributed by atoms with E-state index in [-0.39, 0.29) is 0 Å². The van der Waals surface area contributed by atoms with E-state index in [2.05, 4.69) is 36.2 Å². The van der Waals surface area contributed by atoms with Crippen LogP contribution in [-0.2, 0) is 0 Å². The highest BCUT2D eigenvalue weighted by molar-refractivity contribution is 5.36. The Bertz CT molecular complexity index is 443. The third-order valence-corrected chi connectivity index (χ3v) is 5.32. The molecule has 0 aliphatic carbocycles. The van der Waals surface area contributed by atoms with E-state index in [0.717, 1.165) is 12.3 Å². The highest BCUT2D eigenvalue weighted by Gasteiger charge is 2.35. The third kappa shape index (κ3) is 3.58. The molecule has 1 aliphatic rings. The Kier molecular flexibility index (Phi) is 5.65. The van der Waals surface area contributed by atoms with Gasteiger partial charge in [0.1, 0.15) is 5.75 Å². The maximum Gasteiger partial charge on any atom is 0.123 e. The van der Waals surface area contributed by atoms with Gasteiger partial charge in [0.25, 0.3) is 0 Å². The molecule has 0 spiro atoms. The van der Waals surface area contributed by atoms with Gasteiger partial charge < -0.3 is 15.0 Å². The number of para-hydroxylation sites is 1. The molecular formula is C18H30N2O. The third-order valence-electron chi connectivity index (χ3n) is 5.32. The number of likely N-dealkylation sites (N-methyl/N-ethyl adjacent to an activating group) is 1. The van der Waals surface area contributed by atoms with Gasteiger partial charge in [-0.3, -0.25) is 0 Å². The summed E-state index contributed by atoms with van der Waals surface area (Å²) in [5, 5.41) is 3.46. The summed E-state index contributed by atoms with van der Waals surface area (Å²) in [5.74, 6) is 0.980. The molecule has 1 aromatic rings. The van der Waals surface area contributed by atoms with Gasteiger partial charge in [0.15, 0.2) is 0 Å². The van der Waals surface area contributed by atoms with E-state index >= 15 is 0 Å². The molecule has 3 heteroatoms. The number of hydrogen-bond donors (Lipinski definition) is 1. The molecule has 0 saturated carbocycles. The number of benzene rings is 1. The maximum atomic E-state index is 5.52. The number of hydrogen-bond acceptors (Lipinski definition) is 3. The van der Waals surface area contributed by atoms with Crippen molar-refractivity contribution in [1.82, 2.24) is 10.2 Å². The van der Waals surface area contributed by atoms with Crippen LogP contribution in [0.1, 0.15) is 44.7 Å². The van der Waals surface area contributed by atoms with Gasteiger partial charge in [-0.25, -0.2) is 0 Å². The summed E-state index contributed by atoms with van der Waals surface area (Å²) in [6.45, 7) is 8.17. The van der Waals surface area contributed by atoms with Gasteiger partial charge >= 0.3 is 0 Å². The van der Waals surface area contributed by atoms with Crippen molar-refractivity contribution < 1.29 is 4.74 Å². The molecule has 2 rings (SSSR count). The van der Waals surface area contributed by atoms with E-state index in [9.17, 15) is 0 Å². The van der Waals surface area contributed by atoms with Crippen molar-refractivity contribution in [1.29, 1.82) is 0 Å². The summed E-state index contributed by atoms with van der Waals surface area (Å²) in [6.07, 6.45) is 3.92. The molecule has 0 bridgehead atoms. The molecule has 3 nitrogen and oxygen atoms in total. The topological polar surface area (TPSA) is 24.5 Å². The number of methoxy groups -OCH3 is 1. The van der Waals surface area contributed by atoms with Crippen LogP contribution in [0.4, 0.5) is 0 Å². The second kappa shape index (κ2) is 7.28. The van der Waals surface area contributed by atoms with E-state index in [0.29, 0.717) is 11.5 Å². The van der Waals surface area contributed by atoms with Gasteiger partial charge in [-0.2, -0.15) is 0 Å². The van der Waals surface area contributed by atoms with Crippen LogP contribution in [0, 0.1) is 5.41 Å². The Balaban J connectivity index is 2.07. The van der Waals surface area contributed by atoms with Crippen LogP contribution in [0.2, 0.25) is 0 Å². The van der Waals surface area contributed by atoms with Gasteiger partial charge in [0.05, 0.1) is 7.11 Å². The monoisotopic (exact) mass is 290 g/mol. The number of likely N-dealkylation sites (tertiary alicyclic amines) is 1. The van der Waals surface area contributed by atoms with Crippen molar-refractivity contribution in [3.63, 3.8) is 0 Å². The maximum absolute atomic E-state index is 5.52. The van der Waals surface area contributed by atoms with Crippen LogP contribution in [0.5, 0.6) is 5.75 Å². The molecule has 1 N–H and O–H groups in total. The number of nitrogens with zero attached hydrogens (tertiary/aromatic N) is 1. The highest BCUT2D eigenvalue weighted by atomic mass is 16.5. The predicted octanol–water partition coefficient (Wildman–Crippen LogP) is 3.47. The second-order valence-corrected chi connectivity index (χ2v) is 6.28. The zero-order chi connectivity index (χ0) is 15.3. The van der Waals surface area contributed by atoms with E-state index in [1.165, 1.54) is 37.9 Å². The molecule has 1 heterocycles. The Labute approximate surface area is 129 Å². The minimum atomic E-state index is 0.325. The molecule has 21 heavy (non-hydrogen) atoms. The van der Waals surface area contributed by atoms with Crippen LogP contribution in [0.3, 0.4) is 0 Å². The van der Waals surface area contributed by atoms with Gasteiger partial charge in [0, 0.05) is 24.7 Å². The summed E-state index contributed by atoms with van der Waals surface area (Å²) in [7, 11) is 3.79. The first-order valence-corrected chi connectivity index (χ1v) is 8.20. The van der Waals surface area contributed by atoms with Crippen LogP contribution >= 0.6 is 0 Å². The minimum Gasteiger partial charge on any atom is -0.496 e. The van der Waals surface area contributed by atoms with Gasteiger partial charge in [-0.1, -0.05) is 32.0 Å². The summed E-state index contributed by atoms with van der Waals surface area (Å²) in [5.41, 5.74) is 1.80. The second-order valence-electron chi connectivity index (χ2n) is 6.28. The fraction of sp³-hybridized carbons (Fsp3) is 0.667. The molecule has 1 aliphatic heterocycles. The number of rotatable bonds is 7. The van der Waals surface area contributed by atoms with Gasteiger partial charge in [-0.15, -0.1) is 0 Å². The van der Waals surface area contributed by atoms with Crippen LogP contribution < -0.4 is 10.1 Å². The lowest BCUT2D eigenvalue weighted by Crippen LogP contribution is -2.34. The van der Waals surface area contributed by atoms with Crippen molar-refractivity contribution in [3.05, 3.63) is 29.8 Å². The first-order valence-electron chi connectivity index (χ1n) is 8.20. The van der Waals surface area contributed by atoms with Gasteiger partial charge in [0.2, 0.25) is 0 Å². The standard InChI is InChI=1S/C18H30N2O/c1-5-18(6-2)11-12-20(14-18)13-16(19-3)15-9-7-8-10-17(15)21-4/h7-10,16,19H,5-6,11-14H2,1-4H3. The fourth-order valence-corrected chi connectivity index (χ4v) is 3.57. The summed E-state index contributed by atoms with van der Waals surface area (Å²) >= 11 is 0. The van der Waals surface area contributed by atoms with Crippen molar-refractivity contribution in [2.75, 3.05) is 33.8 Å². The van der Waals surface area contributed by atoms with Crippen molar-refractivity contribution in [2.24, 2.45) is 5.41 Å². The summed E-state index contributed by atoms with van der Waals surface area (Å²) in [4.78, 5) is 2.61. The largest absolute Gasteiger partial charge is 0.496 e. The lowest BCUT2D eigenvalue weighted by atomic mass is 9.82. The Morgan fingerprint density at radius 2 is 2.00 bits per heavy atom. The van der Waals surface area contributed by atoms with Crippen LogP contribution in [0.15, 0.2) is 24.3 Å². The molecule has 118 valence electrons. The Morgan fingerprint density at radius 1 is 1.29 bits per heavy atom. The molecule has 0 radical (unpaired) electrons. The van der Waals surface area contributed by atoms with Crippen molar-refractivity contribution in [2.45, 2.75) is 39.2 Å². The van der Waals surface area contributed by atoms with Crippen LogP contribution in [-0.4, -0.2) is 38.7 Å². The zero-order valence-electron chi connectivity index (χ0n) is 14.0. The van der Waals surface area contributed by atoms with Crippen molar-refractivity contribution >= 4 is 0 Å². The minimum absolute atomic E-state index is 0.325. The van der Waals surface area contributed by atoms with Crippen molar-refractivity contribution in [3.8, 4) is 5.75 Å². The fourth-order valence-electron chi connectivity index (χ4n) is 3.57. The van der Waals surface area contributed by atoms with Crippen LogP contribution in [0.25, 0.3) is 0 Å². The average Bonchev–Trinajstić information content (AvgIpc) is 2.96. The first-order chi connectivity index (χ1) is 10.2. The normalized spacial score (nSPS) is 19.6. The SMILES string of the molecule is CCC1(CC)CCN(CC(NC)c2ccccc2OC)C1. The zero-order valence-corrected chi connectivity index (χ0v) is 14.0. The Hall–Kier alpha value is -1.06. The summed E-state index contributed by atoms with van der Waals surface area (Å²) < 4.78 is 5.52. The molecule has 1 atom stereocenters. The Morgan fingerprint density at radius 3 is 2.57 bits per heavy atom. The lowest BCUT2D eigenvalue weighted by molar-refractivity contribution is 0.226. The predicted molar refractivity (Wildman–Crippen MR) is 88.9 cm³/mol.